The van der Waals surface area contributed by atoms with Crippen LogP contribution in [0.1, 0.15) is 10.4 Å². The SMILES string of the molecule is Nc1ccc([N+](=O)[O-])c(C(=O)Nc2cccc(Cl)c2)c1. The second-order valence-corrected chi connectivity index (χ2v) is 4.43. The van der Waals surface area contributed by atoms with Crippen LogP contribution in [0.4, 0.5) is 17.1 Å². The van der Waals surface area contributed by atoms with Gasteiger partial charge in [-0.25, -0.2) is 0 Å². The number of nitrogens with two attached hydrogens (primary N) is 1. The van der Waals surface area contributed by atoms with Crippen molar-refractivity contribution in [2.24, 2.45) is 0 Å². The summed E-state index contributed by atoms with van der Waals surface area (Å²) >= 11 is 5.80. The number of nitrogens with zero attached hydrogens (tertiary/aromatic N) is 1. The summed E-state index contributed by atoms with van der Waals surface area (Å²) in [6.45, 7) is 0. The highest BCUT2D eigenvalue weighted by atomic mass is 35.5. The van der Waals surface area contributed by atoms with E-state index in [4.69, 9.17) is 17.3 Å². The Labute approximate surface area is 119 Å². The lowest BCUT2D eigenvalue weighted by molar-refractivity contribution is -0.385. The van der Waals surface area contributed by atoms with Gasteiger partial charge in [0.15, 0.2) is 0 Å². The van der Waals surface area contributed by atoms with Gasteiger partial charge in [-0.2, -0.15) is 0 Å². The molecule has 0 aromatic heterocycles. The molecular formula is C13H10ClN3O3. The third-order valence-electron chi connectivity index (χ3n) is 2.54. The monoisotopic (exact) mass is 291 g/mol. The molecule has 2 aromatic carbocycles. The van der Waals surface area contributed by atoms with E-state index in [1.54, 1.807) is 18.2 Å². The van der Waals surface area contributed by atoms with Crippen molar-refractivity contribution in [2.75, 3.05) is 11.1 Å². The lowest BCUT2D eigenvalue weighted by Crippen LogP contribution is -2.14. The first-order valence-corrected chi connectivity index (χ1v) is 5.96. The number of nitrogens with one attached hydrogen (secondary N) is 1. The Balaban J connectivity index is 2.34. The third-order valence-corrected chi connectivity index (χ3v) is 2.78. The van der Waals surface area contributed by atoms with Crippen molar-refractivity contribution in [2.45, 2.75) is 0 Å². The zero-order chi connectivity index (χ0) is 14.7. The first-order valence-electron chi connectivity index (χ1n) is 5.58. The number of nitro groups is 1. The van der Waals surface area contributed by atoms with Gasteiger partial charge in [-0.05, 0) is 30.3 Å². The molecule has 3 N–H and O–H groups in total. The van der Waals surface area contributed by atoms with Gasteiger partial charge < -0.3 is 11.1 Å². The van der Waals surface area contributed by atoms with Crippen LogP contribution in [-0.2, 0) is 0 Å². The maximum absolute atomic E-state index is 12.1. The molecule has 0 aliphatic rings. The highest BCUT2D eigenvalue weighted by Crippen LogP contribution is 2.23. The second-order valence-electron chi connectivity index (χ2n) is 4.00. The number of carbonyl (C=O) groups excluding carboxylic acids is 1. The predicted octanol–water partition coefficient (Wildman–Crippen LogP) is 3.08. The summed E-state index contributed by atoms with van der Waals surface area (Å²) in [6, 6.07) is 10.3. The maximum atomic E-state index is 12.1. The van der Waals surface area contributed by atoms with Crippen molar-refractivity contribution in [3.8, 4) is 0 Å². The molecule has 0 atom stereocenters. The van der Waals surface area contributed by atoms with E-state index in [-0.39, 0.29) is 16.9 Å². The summed E-state index contributed by atoms with van der Waals surface area (Å²) < 4.78 is 0. The van der Waals surface area contributed by atoms with E-state index in [0.717, 1.165) is 0 Å². The van der Waals surface area contributed by atoms with Crippen LogP contribution in [0.5, 0.6) is 0 Å². The van der Waals surface area contributed by atoms with E-state index in [1.165, 1.54) is 24.3 Å². The summed E-state index contributed by atoms with van der Waals surface area (Å²) in [7, 11) is 0. The van der Waals surface area contributed by atoms with Crippen LogP contribution in [0, 0.1) is 10.1 Å². The molecule has 1 amide bonds. The van der Waals surface area contributed by atoms with E-state index < -0.39 is 10.8 Å². The number of amides is 1. The van der Waals surface area contributed by atoms with Crippen molar-refractivity contribution in [3.63, 3.8) is 0 Å². The minimum absolute atomic E-state index is 0.102. The van der Waals surface area contributed by atoms with Crippen LogP contribution in [-0.4, -0.2) is 10.8 Å². The fourth-order valence-corrected chi connectivity index (χ4v) is 1.85. The number of halogens is 1. The van der Waals surface area contributed by atoms with Crippen molar-refractivity contribution >= 4 is 34.6 Å². The lowest BCUT2D eigenvalue weighted by Gasteiger charge is -2.07. The molecule has 0 radical (unpaired) electrons. The zero-order valence-corrected chi connectivity index (χ0v) is 10.9. The normalized spacial score (nSPS) is 10.1. The average molecular weight is 292 g/mol. The molecule has 20 heavy (non-hydrogen) atoms. The molecule has 0 saturated heterocycles. The van der Waals surface area contributed by atoms with Gasteiger partial charge in [-0.15, -0.1) is 0 Å². The molecule has 102 valence electrons. The molecule has 0 fully saturated rings. The first kappa shape index (κ1) is 13.8. The predicted molar refractivity (Wildman–Crippen MR) is 76.9 cm³/mol. The van der Waals surface area contributed by atoms with Crippen molar-refractivity contribution in [3.05, 3.63) is 63.2 Å². The van der Waals surface area contributed by atoms with Gasteiger partial charge >= 0.3 is 0 Å². The van der Waals surface area contributed by atoms with Crippen LogP contribution in [0.3, 0.4) is 0 Å². The molecule has 2 rings (SSSR count). The second kappa shape index (κ2) is 5.58. The van der Waals surface area contributed by atoms with Gasteiger partial charge in [0, 0.05) is 22.5 Å². The summed E-state index contributed by atoms with van der Waals surface area (Å²) in [5, 5.41) is 13.9. The molecule has 0 aliphatic heterocycles. The number of hydrogen-bond donors (Lipinski definition) is 2. The number of nitrogen functional groups attached to an aromatic ring is 1. The first-order chi connectivity index (χ1) is 9.47. The number of benzene rings is 2. The molecule has 2 aromatic rings. The molecule has 7 heteroatoms. The van der Waals surface area contributed by atoms with Crippen LogP contribution in [0.25, 0.3) is 0 Å². The number of nitro benzene ring substituents is 1. The molecule has 0 saturated carbocycles. The summed E-state index contributed by atoms with van der Waals surface area (Å²) in [6.07, 6.45) is 0. The summed E-state index contributed by atoms with van der Waals surface area (Å²) in [5.74, 6) is -0.619. The molecule has 0 spiro atoms. The Morgan fingerprint density at radius 3 is 2.65 bits per heavy atom. The lowest BCUT2D eigenvalue weighted by atomic mass is 10.1. The third kappa shape index (κ3) is 3.04. The van der Waals surface area contributed by atoms with Crippen LogP contribution in [0.2, 0.25) is 5.02 Å². The summed E-state index contributed by atoms with van der Waals surface area (Å²) in [4.78, 5) is 22.4. The largest absolute Gasteiger partial charge is 0.399 e. The van der Waals surface area contributed by atoms with Crippen LogP contribution < -0.4 is 11.1 Å². The molecule has 0 bridgehead atoms. The topological polar surface area (TPSA) is 98.3 Å². The minimum atomic E-state index is -0.633. The molecule has 0 heterocycles. The van der Waals surface area contributed by atoms with Gasteiger partial charge in [0.05, 0.1) is 4.92 Å². The Hall–Kier alpha value is -2.60. The van der Waals surface area contributed by atoms with E-state index in [2.05, 4.69) is 5.32 Å². The number of hydrogen-bond acceptors (Lipinski definition) is 4. The standard InChI is InChI=1S/C13H10ClN3O3/c14-8-2-1-3-10(6-8)16-13(18)11-7-9(15)4-5-12(11)17(19)20/h1-7H,15H2,(H,16,18). The Morgan fingerprint density at radius 2 is 2.00 bits per heavy atom. The smallest absolute Gasteiger partial charge is 0.282 e. The highest BCUT2D eigenvalue weighted by molar-refractivity contribution is 6.31. The fourth-order valence-electron chi connectivity index (χ4n) is 1.66. The van der Waals surface area contributed by atoms with Crippen molar-refractivity contribution in [1.82, 2.24) is 0 Å². The van der Waals surface area contributed by atoms with Gasteiger partial charge in [-0.1, -0.05) is 17.7 Å². The maximum Gasteiger partial charge on any atom is 0.282 e. The highest BCUT2D eigenvalue weighted by Gasteiger charge is 2.20. The average Bonchev–Trinajstić information content (AvgIpc) is 2.38. The summed E-state index contributed by atoms with van der Waals surface area (Å²) in [5.41, 5.74) is 5.86. The molecular weight excluding hydrogens is 282 g/mol. The molecule has 0 unspecified atom stereocenters. The zero-order valence-electron chi connectivity index (χ0n) is 10.2. The van der Waals surface area contributed by atoms with E-state index in [9.17, 15) is 14.9 Å². The fraction of sp³-hybridized carbons (Fsp3) is 0. The van der Waals surface area contributed by atoms with Gasteiger partial charge in [0.2, 0.25) is 0 Å². The van der Waals surface area contributed by atoms with Crippen LogP contribution in [0.15, 0.2) is 42.5 Å². The van der Waals surface area contributed by atoms with E-state index in [1.807, 2.05) is 0 Å². The van der Waals surface area contributed by atoms with Crippen molar-refractivity contribution in [1.29, 1.82) is 0 Å². The van der Waals surface area contributed by atoms with E-state index in [0.29, 0.717) is 10.7 Å². The number of rotatable bonds is 3. The van der Waals surface area contributed by atoms with Gasteiger partial charge in [0.25, 0.3) is 11.6 Å². The van der Waals surface area contributed by atoms with Gasteiger partial charge in [0.1, 0.15) is 5.56 Å². The van der Waals surface area contributed by atoms with Gasteiger partial charge in [-0.3, -0.25) is 14.9 Å². The molecule has 0 aliphatic carbocycles. The Morgan fingerprint density at radius 1 is 1.25 bits per heavy atom. The quantitative estimate of drug-likeness (QED) is 0.516. The van der Waals surface area contributed by atoms with Crippen LogP contribution >= 0.6 is 11.6 Å². The number of carbonyl (C=O) groups is 1. The van der Waals surface area contributed by atoms with Crippen molar-refractivity contribution < 1.29 is 9.72 Å². The Bertz CT molecular complexity index is 688. The minimum Gasteiger partial charge on any atom is -0.399 e. The van der Waals surface area contributed by atoms with E-state index >= 15 is 0 Å². The Kier molecular flexibility index (Phi) is 3.86. The number of anilines is 2. The molecule has 6 nitrogen and oxygen atoms in total.